The van der Waals surface area contributed by atoms with Crippen LogP contribution in [0.3, 0.4) is 0 Å². The van der Waals surface area contributed by atoms with Crippen LogP contribution in [0.15, 0.2) is 6.07 Å². The Labute approximate surface area is 85.1 Å². The molecule has 0 radical (unpaired) electrons. The molecule has 1 aromatic rings. The molecule has 0 atom stereocenters. The monoisotopic (exact) mass is 216 g/mol. The number of pyridine rings is 1. The summed E-state index contributed by atoms with van der Waals surface area (Å²) in [7, 11) is 1.31. The van der Waals surface area contributed by atoms with Crippen LogP contribution in [-0.2, 0) is 0 Å². The molecular formula is C9H10F2N2O2. The van der Waals surface area contributed by atoms with Gasteiger partial charge in [0.15, 0.2) is 5.69 Å². The molecule has 1 heterocycles. The van der Waals surface area contributed by atoms with E-state index in [-0.39, 0.29) is 17.0 Å². The topological polar surface area (TPSA) is 65.2 Å². The van der Waals surface area contributed by atoms with Gasteiger partial charge in [0, 0.05) is 0 Å². The number of halogens is 2. The minimum absolute atomic E-state index is 0.101. The van der Waals surface area contributed by atoms with Crippen LogP contribution in [0.4, 0.5) is 8.78 Å². The summed E-state index contributed by atoms with van der Waals surface area (Å²) in [5, 5.41) is 0. The maximum Gasteiger partial charge on any atom is 0.280 e. The molecule has 0 saturated carbocycles. The minimum atomic E-state index is -2.74. The zero-order valence-electron chi connectivity index (χ0n) is 8.25. The summed E-state index contributed by atoms with van der Waals surface area (Å²) in [6, 6.07) is 1.31. The number of carbonyl (C=O) groups is 1. The van der Waals surface area contributed by atoms with Crippen molar-refractivity contribution in [1.29, 1.82) is 0 Å². The number of aryl methyl sites for hydroxylation is 1. The molecule has 0 unspecified atom stereocenters. The number of ether oxygens (including phenoxy) is 1. The third kappa shape index (κ3) is 2.20. The fourth-order valence-electron chi connectivity index (χ4n) is 1.16. The highest BCUT2D eigenvalue weighted by Crippen LogP contribution is 2.26. The quantitative estimate of drug-likeness (QED) is 0.831. The van der Waals surface area contributed by atoms with Gasteiger partial charge in [0.1, 0.15) is 11.4 Å². The van der Waals surface area contributed by atoms with Crippen molar-refractivity contribution in [2.24, 2.45) is 5.73 Å². The van der Waals surface area contributed by atoms with Crippen LogP contribution in [0.1, 0.15) is 28.2 Å². The number of alkyl halides is 2. The Morgan fingerprint density at radius 2 is 2.20 bits per heavy atom. The lowest BCUT2D eigenvalue weighted by molar-refractivity contribution is 0.0990. The summed E-state index contributed by atoms with van der Waals surface area (Å²) in [5.41, 5.74) is 4.51. The number of amides is 1. The van der Waals surface area contributed by atoms with Gasteiger partial charge in [-0.1, -0.05) is 0 Å². The molecule has 0 aliphatic rings. The second-order valence-corrected chi connectivity index (χ2v) is 2.91. The van der Waals surface area contributed by atoms with Gasteiger partial charge in [-0.15, -0.1) is 0 Å². The molecule has 82 valence electrons. The van der Waals surface area contributed by atoms with Gasteiger partial charge in [0.2, 0.25) is 0 Å². The minimum Gasteiger partial charge on any atom is -0.494 e. The second kappa shape index (κ2) is 4.20. The van der Waals surface area contributed by atoms with E-state index in [1.54, 1.807) is 0 Å². The van der Waals surface area contributed by atoms with Crippen LogP contribution in [-0.4, -0.2) is 18.0 Å². The second-order valence-electron chi connectivity index (χ2n) is 2.91. The zero-order chi connectivity index (χ0) is 11.6. The summed E-state index contributed by atoms with van der Waals surface area (Å²) in [4.78, 5) is 14.4. The number of aromatic nitrogens is 1. The highest BCUT2D eigenvalue weighted by molar-refractivity contribution is 5.93. The van der Waals surface area contributed by atoms with Crippen LogP contribution in [0.25, 0.3) is 0 Å². The fourth-order valence-corrected chi connectivity index (χ4v) is 1.16. The van der Waals surface area contributed by atoms with E-state index in [0.717, 1.165) is 0 Å². The van der Waals surface area contributed by atoms with Crippen molar-refractivity contribution in [1.82, 2.24) is 4.98 Å². The normalized spacial score (nSPS) is 10.5. The predicted molar refractivity (Wildman–Crippen MR) is 49.0 cm³/mol. The number of hydrogen-bond donors (Lipinski definition) is 1. The van der Waals surface area contributed by atoms with E-state index in [0.29, 0.717) is 0 Å². The summed E-state index contributed by atoms with van der Waals surface area (Å²) >= 11 is 0. The molecule has 0 fully saturated rings. The van der Waals surface area contributed by atoms with E-state index >= 15 is 0 Å². The van der Waals surface area contributed by atoms with Gasteiger partial charge in [-0.25, -0.2) is 13.8 Å². The molecule has 4 nitrogen and oxygen atoms in total. The first-order chi connectivity index (χ1) is 6.97. The lowest BCUT2D eigenvalue weighted by Gasteiger charge is -2.09. The molecule has 1 amide bonds. The van der Waals surface area contributed by atoms with Gasteiger partial charge < -0.3 is 10.5 Å². The fraction of sp³-hybridized carbons (Fsp3) is 0.333. The Kier molecular flexibility index (Phi) is 3.18. The first-order valence-corrected chi connectivity index (χ1v) is 4.10. The zero-order valence-corrected chi connectivity index (χ0v) is 8.25. The Morgan fingerprint density at radius 3 is 2.60 bits per heavy atom. The van der Waals surface area contributed by atoms with Crippen LogP contribution in [0.2, 0.25) is 0 Å². The van der Waals surface area contributed by atoms with Gasteiger partial charge in [-0.05, 0) is 18.6 Å². The van der Waals surface area contributed by atoms with Gasteiger partial charge in [0.25, 0.3) is 12.3 Å². The largest absolute Gasteiger partial charge is 0.494 e. The van der Waals surface area contributed by atoms with Crippen molar-refractivity contribution in [3.63, 3.8) is 0 Å². The maximum atomic E-state index is 12.5. The van der Waals surface area contributed by atoms with Crippen LogP contribution in [0.5, 0.6) is 5.75 Å². The Bertz CT molecular complexity index is 394. The smallest absolute Gasteiger partial charge is 0.280 e. The molecule has 0 aromatic carbocycles. The molecule has 0 aliphatic heterocycles. The number of hydrogen-bond acceptors (Lipinski definition) is 3. The van der Waals surface area contributed by atoms with Crippen molar-refractivity contribution < 1.29 is 18.3 Å². The predicted octanol–water partition coefficient (Wildman–Crippen LogP) is 1.44. The Balaban J connectivity index is 3.37. The lowest BCUT2D eigenvalue weighted by Crippen LogP contribution is -2.16. The van der Waals surface area contributed by atoms with E-state index in [1.807, 2.05) is 0 Å². The first-order valence-electron chi connectivity index (χ1n) is 4.10. The van der Waals surface area contributed by atoms with E-state index in [1.165, 1.54) is 20.1 Å². The molecule has 0 bridgehead atoms. The highest BCUT2D eigenvalue weighted by atomic mass is 19.3. The number of rotatable bonds is 3. The van der Waals surface area contributed by atoms with Crippen LogP contribution in [0, 0.1) is 6.92 Å². The molecule has 0 spiro atoms. The number of nitrogens with two attached hydrogens (primary N) is 1. The highest BCUT2D eigenvalue weighted by Gasteiger charge is 2.19. The maximum absolute atomic E-state index is 12.5. The number of nitrogens with zero attached hydrogens (tertiary/aromatic N) is 1. The SMILES string of the molecule is COc1cc(C)c(C(F)F)nc1C(N)=O. The average molecular weight is 216 g/mol. The molecule has 0 saturated heterocycles. The molecule has 2 N–H and O–H groups in total. The summed E-state index contributed by atoms with van der Waals surface area (Å²) in [5.74, 6) is -0.793. The van der Waals surface area contributed by atoms with Crippen molar-refractivity contribution in [2.75, 3.05) is 7.11 Å². The summed E-state index contributed by atoms with van der Waals surface area (Å²) in [6.07, 6.45) is -2.74. The molecule has 15 heavy (non-hydrogen) atoms. The van der Waals surface area contributed by atoms with E-state index in [2.05, 4.69) is 4.98 Å². The molecule has 1 rings (SSSR count). The number of carbonyl (C=O) groups excluding carboxylic acids is 1. The van der Waals surface area contributed by atoms with Gasteiger partial charge >= 0.3 is 0 Å². The van der Waals surface area contributed by atoms with Crippen molar-refractivity contribution in [3.05, 3.63) is 23.0 Å². The van der Waals surface area contributed by atoms with E-state index < -0.39 is 18.0 Å². The Morgan fingerprint density at radius 1 is 1.60 bits per heavy atom. The third-order valence-corrected chi connectivity index (χ3v) is 1.88. The van der Waals surface area contributed by atoms with Gasteiger partial charge in [0.05, 0.1) is 7.11 Å². The summed E-state index contributed by atoms with van der Waals surface area (Å²) < 4.78 is 29.7. The molecular weight excluding hydrogens is 206 g/mol. The van der Waals surface area contributed by atoms with Crippen molar-refractivity contribution in [3.8, 4) is 5.75 Å². The van der Waals surface area contributed by atoms with Gasteiger partial charge in [-0.2, -0.15) is 0 Å². The molecule has 0 aliphatic carbocycles. The van der Waals surface area contributed by atoms with E-state index in [4.69, 9.17) is 10.5 Å². The number of methoxy groups -OCH3 is 1. The molecule has 6 heteroatoms. The standard InChI is InChI=1S/C9H10F2N2O2/c1-4-3-5(15-2)7(9(12)14)13-6(4)8(10)11/h3,8H,1-2H3,(H2,12,14). The summed E-state index contributed by atoms with van der Waals surface area (Å²) in [6.45, 7) is 1.46. The van der Waals surface area contributed by atoms with Crippen LogP contribution < -0.4 is 10.5 Å². The van der Waals surface area contributed by atoms with Gasteiger partial charge in [-0.3, -0.25) is 4.79 Å². The van der Waals surface area contributed by atoms with Crippen molar-refractivity contribution in [2.45, 2.75) is 13.3 Å². The number of primary amides is 1. The van der Waals surface area contributed by atoms with Crippen molar-refractivity contribution >= 4 is 5.91 Å². The third-order valence-electron chi connectivity index (χ3n) is 1.88. The average Bonchev–Trinajstić information content (AvgIpc) is 2.16. The van der Waals surface area contributed by atoms with Crippen LogP contribution >= 0.6 is 0 Å². The van der Waals surface area contributed by atoms with E-state index in [9.17, 15) is 13.6 Å². The lowest BCUT2D eigenvalue weighted by atomic mass is 10.2. The first kappa shape index (κ1) is 11.4. The Hall–Kier alpha value is -1.72. The molecule has 1 aromatic heterocycles.